The van der Waals surface area contributed by atoms with Crippen LogP contribution >= 0.6 is 0 Å². The van der Waals surface area contributed by atoms with Crippen molar-refractivity contribution < 1.29 is 4.79 Å². The van der Waals surface area contributed by atoms with Crippen molar-refractivity contribution >= 4 is 11.6 Å². The Morgan fingerprint density at radius 2 is 1.64 bits per heavy atom. The van der Waals surface area contributed by atoms with E-state index in [-0.39, 0.29) is 5.91 Å². The molecule has 1 fully saturated rings. The molecule has 1 saturated heterocycles. The van der Waals surface area contributed by atoms with Crippen LogP contribution < -0.4 is 4.90 Å². The molecule has 1 aromatic heterocycles. The van der Waals surface area contributed by atoms with Gasteiger partial charge in [0.05, 0.1) is 0 Å². The van der Waals surface area contributed by atoms with E-state index in [0.717, 1.165) is 38.2 Å². The van der Waals surface area contributed by atoms with Gasteiger partial charge in [0.15, 0.2) is 0 Å². The van der Waals surface area contributed by atoms with Crippen LogP contribution in [0.2, 0.25) is 0 Å². The Morgan fingerprint density at radius 1 is 1.00 bits per heavy atom. The second-order valence-corrected chi connectivity index (χ2v) is 5.54. The molecule has 0 radical (unpaired) electrons. The van der Waals surface area contributed by atoms with Crippen LogP contribution in [-0.4, -0.2) is 42.0 Å². The van der Waals surface area contributed by atoms with Gasteiger partial charge in [-0.2, -0.15) is 0 Å². The number of amides is 1. The molecule has 1 aliphatic heterocycles. The second-order valence-electron chi connectivity index (χ2n) is 5.54. The molecule has 0 aliphatic carbocycles. The van der Waals surface area contributed by atoms with E-state index in [0.29, 0.717) is 0 Å². The van der Waals surface area contributed by atoms with Gasteiger partial charge in [0.25, 0.3) is 5.91 Å². The SMILES string of the molecule is CCc1ccc(C(=O)N2CCN(c3ccncc3)CC2)cc1. The summed E-state index contributed by atoms with van der Waals surface area (Å²) >= 11 is 0. The van der Waals surface area contributed by atoms with E-state index in [1.807, 2.05) is 53.7 Å². The summed E-state index contributed by atoms with van der Waals surface area (Å²) in [5, 5.41) is 0. The van der Waals surface area contributed by atoms with Crippen LogP contribution in [0.3, 0.4) is 0 Å². The van der Waals surface area contributed by atoms with E-state index in [9.17, 15) is 4.79 Å². The number of aryl methyl sites for hydroxylation is 1. The molecule has 22 heavy (non-hydrogen) atoms. The molecule has 0 spiro atoms. The van der Waals surface area contributed by atoms with Gasteiger partial charge in [-0.05, 0) is 36.2 Å². The molecule has 0 bridgehead atoms. The normalized spacial score (nSPS) is 15.0. The number of rotatable bonds is 3. The summed E-state index contributed by atoms with van der Waals surface area (Å²) in [6, 6.07) is 12.0. The first kappa shape index (κ1) is 14.6. The summed E-state index contributed by atoms with van der Waals surface area (Å²) < 4.78 is 0. The fourth-order valence-corrected chi connectivity index (χ4v) is 2.79. The predicted molar refractivity (Wildman–Crippen MR) is 88.2 cm³/mol. The third-order valence-corrected chi connectivity index (χ3v) is 4.20. The van der Waals surface area contributed by atoms with Gasteiger partial charge in [-0.25, -0.2) is 0 Å². The zero-order valence-corrected chi connectivity index (χ0v) is 12.9. The highest BCUT2D eigenvalue weighted by atomic mass is 16.2. The largest absolute Gasteiger partial charge is 0.368 e. The molecule has 0 atom stereocenters. The van der Waals surface area contributed by atoms with Crippen LogP contribution in [0, 0.1) is 0 Å². The Hall–Kier alpha value is -2.36. The van der Waals surface area contributed by atoms with Crippen LogP contribution in [0.4, 0.5) is 5.69 Å². The van der Waals surface area contributed by atoms with Gasteiger partial charge in [-0.1, -0.05) is 19.1 Å². The van der Waals surface area contributed by atoms with E-state index in [4.69, 9.17) is 0 Å². The van der Waals surface area contributed by atoms with Crippen molar-refractivity contribution in [3.63, 3.8) is 0 Å². The number of carbonyl (C=O) groups is 1. The molecular formula is C18H21N3O. The molecule has 4 heteroatoms. The highest BCUT2D eigenvalue weighted by Crippen LogP contribution is 2.16. The highest BCUT2D eigenvalue weighted by molar-refractivity contribution is 5.94. The standard InChI is InChI=1S/C18H21N3O/c1-2-15-3-5-16(6-4-15)18(22)21-13-11-20(12-14-21)17-7-9-19-10-8-17/h3-10H,2,11-14H2,1H3. The van der Waals surface area contributed by atoms with Gasteiger partial charge < -0.3 is 9.80 Å². The van der Waals surface area contributed by atoms with Crippen molar-refractivity contribution in [2.24, 2.45) is 0 Å². The summed E-state index contributed by atoms with van der Waals surface area (Å²) in [6.45, 7) is 5.37. The van der Waals surface area contributed by atoms with Gasteiger partial charge in [-0.3, -0.25) is 9.78 Å². The fourth-order valence-electron chi connectivity index (χ4n) is 2.79. The number of benzene rings is 1. The highest BCUT2D eigenvalue weighted by Gasteiger charge is 2.22. The first-order chi connectivity index (χ1) is 10.8. The number of aromatic nitrogens is 1. The molecular weight excluding hydrogens is 274 g/mol. The van der Waals surface area contributed by atoms with Crippen molar-refractivity contribution in [1.29, 1.82) is 0 Å². The van der Waals surface area contributed by atoms with Gasteiger partial charge in [0, 0.05) is 49.8 Å². The van der Waals surface area contributed by atoms with Crippen LogP contribution in [0.15, 0.2) is 48.8 Å². The Labute approximate surface area is 131 Å². The Balaban J connectivity index is 1.62. The fraction of sp³-hybridized carbons (Fsp3) is 0.333. The maximum Gasteiger partial charge on any atom is 0.253 e. The summed E-state index contributed by atoms with van der Waals surface area (Å²) in [5.41, 5.74) is 3.23. The number of nitrogens with zero attached hydrogens (tertiary/aromatic N) is 3. The second kappa shape index (κ2) is 6.60. The number of hydrogen-bond donors (Lipinski definition) is 0. The maximum atomic E-state index is 12.5. The van der Waals surface area contributed by atoms with Gasteiger partial charge in [0.2, 0.25) is 0 Å². The molecule has 4 nitrogen and oxygen atoms in total. The van der Waals surface area contributed by atoms with E-state index < -0.39 is 0 Å². The van der Waals surface area contributed by atoms with Crippen LogP contribution in [-0.2, 0) is 6.42 Å². The third kappa shape index (κ3) is 3.11. The van der Waals surface area contributed by atoms with Crippen LogP contribution in [0.5, 0.6) is 0 Å². The van der Waals surface area contributed by atoms with E-state index in [1.165, 1.54) is 11.3 Å². The van der Waals surface area contributed by atoms with Gasteiger partial charge in [0.1, 0.15) is 0 Å². The minimum Gasteiger partial charge on any atom is -0.368 e. The van der Waals surface area contributed by atoms with E-state index in [1.54, 1.807) is 0 Å². The van der Waals surface area contributed by atoms with Crippen molar-refractivity contribution in [3.8, 4) is 0 Å². The third-order valence-electron chi connectivity index (χ3n) is 4.20. The zero-order chi connectivity index (χ0) is 15.4. The molecule has 0 unspecified atom stereocenters. The number of anilines is 1. The lowest BCUT2D eigenvalue weighted by molar-refractivity contribution is 0.0747. The smallest absolute Gasteiger partial charge is 0.253 e. The van der Waals surface area contributed by atoms with Crippen molar-refractivity contribution in [1.82, 2.24) is 9.88 Å². The minimum atomic E-state index is 0.136. The molecule has 114 valence electrons. The lowest BCUT2D eigenvalue weighted by Gasteiger charge is -2.36. The lowest BCUT2D eigenvalue weighted by atomic mass is 10.1. The van der Waals surface area contributed by atoms with Gasteiger partial charge >= 0.3 is 0 Å². The molecule has 3 rings (SSSR count). The van der Waals surface area contributed by atoms with Crippen molar-refractivity contribution in [2.75, 3.05) is 31.1 Å². The number of piperazine rings is 1. The lowest BCUT2D eigenvalue weighted by Crippen LogP contribution is -2.48. The molecule has 2 heterocycles. The average molecular weight is 295 g/mol. The van der Waals surface area contributed by atoms with Crippen LogP contribution in [0.25, 0.3) is 0 Å². The topological polar surface area (TPSA) is 36.4 Å². The molecule has 2 aromatic rings. The zero-order valence-electron chi connectivity index (χ0n) is 12.9. The average Bonchev–Trinajstić information content (AvgIpc) is 2.62. The Bertz CT molecular complexity index is 617. The minimum absolute atomic E-state index is 0.136. The van der Waals surface area contributed by atoms with Crippen molar-refractivity contribution in [3.05, 3.63) is 59.9 Å². The van der Waals surface area contributed by atoms with E-state index in [2.05, 4.69) is 16.8 Å². The molecule has 1 aromatic carbocycles. The molecule has 1 amide bonds. The molecule has 0 saturated carbocycles. The Morgan fingerprint density at radius 3 is 2.23 bits per heavy atom. The summed E-state index contributed by atoms with van der Waals surface area (Å²) in [7, 11) is 0. The monoisotopic (exact) mass is 295 g/mol. The molecule has 1 aliphatic rings. The number of hydrogen-bond acceptors (Lipinski definition) is 3. The quantitative estimate of drug-likeness (QED) is 0.873. The summed E-state index contributed by atoms with van der Waals surface area (Å²) in [5.74, 6) is 0.136. The number of pyridine rings is 1. The van der Waals surface area contributed by atoms with Crippen molar-refractivity contribution in [2.45, 2.75) is 13.3 Å². The summed E-state index contributed by atoms with van der Waals surface area (Å²) in [4.78, 5) is 20.8. The van der Waals surface area contributed by atoms with Crippen LogP contribution in [0.1, 0.15) is 22.8 Å². The Kier molecular flexibility index (Phi) is 4.37. The van der Waals surface area contributed by atoms with E-state index >= 15 is 0 Å². The maximum absolute atomic E-state index is 12.5. The first-order valence-electron chi connectivity index (χ1n) is 7.81. The molecule has 0 N–H and O–H groups in total. The summed E-state index contributed by atoms with van der Waals surface area (Å²) in [6.07, 6.45) is 4.61. The number of carbonyl (C=O) groups excluding carboxylic acids is 1. The van der Waals surface area contributed by atoms with Gasteiger partial charge in [-0.15, -0.1) is 0 Å². The predicted octanol–water partition coefficient (Wildman–Crippen LogP) is 2.61. The first-order valence-corrected chi connectivity index (χ1v) is 7.81.